The molecule has 1 aliphatic carbocycles. The molecule has 1 aromatic rings. The second-order valence-corrected chi connectivity index (χ2v) is 6.09. The van der Waals surface area contributed by atoms with Gasteiger partial charge in [0.25, 0.3) is 0 Å². The van der Waals surface area contributed by atoms with E-state index < -0.39 is 11.6 Å². The van der Waals surface area contributed by atoms with E-state index in [2.05, 4.69) is 10.2 Å². The molecule has 0 fully saturated rings. The van der Waals surface area contributed by atoms with E-state index in [0.717, 1.165) is 37.3 Å². The highest BCUT2D eigenvalue weighted by Gasteiger charge is 2.30. The first-order chi connectivity index (χ1) is 10.7. The summed E-state index contributed by atoms with van der Waals surface area (Å²) >= 11 is 0. The number of hydrogen-bond donors (Lipinski definition) is 2. The Kier molecular flexibility index (Phi) is 4.62. The average molecular weight is 308 g/mol. The standard InChI is InChI=1S/C17H22F2N2O/c18-13-9-12-10-14(4-5-15(12)16(19)11-13)21-7-6-20-17(21)3-1-2-8-22/h6-7,9,11,14,17,20,22H,1-5,8,10H2/t14-,17-/m0/s1. The van der Waals surface area contributed by atoms with Gasteiger partial charge in [0.1, 0.15) is 11.6 Å². The Hall–Kier alpha value is -1.62. The molecule has 120 valence electrons. The van der Waals surface area contributed by atoms with Gasteiger partial charge in [0, 0.05) is 31.1 Å². The van der Waals surface area contributed by atoms with Crippen LogP contribution in [0.25, 0.3) is 0 Å². The molecule has 0 bridgehead atoms. The Labute approximate surface area is 129 Å². The predicted molar refractivity (Wildman–Crippen MR) is 81.0 cm³/mol. The van der Waals surface area contributed by atoms with Crippen LogP contribution in [-0.2, 0) is 12.8 Å². The van der Waals surface area contributed by atoms with Gasteiger partial charge in [0.05, 0.1) is 6.17 Å². The molecule has 0 aromatic heterocycles. The molecule has 1 aromatic carbocycles. The van der Waals surface area contributed by atoms with Gasteiger partial charge >= 0.3 is 0 Å². The zero-order valence-electron chi connectivity index (χ0n) is 12.6. The Morgan fingerprint density at radius 1 is 1.27 bits per heavy atom. The van der Waals surface area contributed by atoms with E-state index >= 15 is 0 Å². The van der Waals surface area contributed by atoms with Crippen LogP contribution in [0.5, 0.6) is 0 Å². The maximum Gasteiger partial charge on any atom is 0.129 e. The minimum atomic E-state index is -0.494. The Morgan fingerprint density at radius 2 is 2.14 bits per heavy atom. The van der Waals surface area contributed by atoms with Crippen LogP contribution in [0.3, 0.4) is 0 Å². The highest BCUT2D eigenvalue weighted by atomic mass is 19.1. The van der Waals surface area contributed by atoms with E-state index in [1.165, 1.54) is 6.07 Å². The lowest BCUT2D eigenvalue weighted by Crippen LogP contribution is -2.44. The van der Waals surface area contributed by atoms with Crippen molar-refractivity contribution in [3.8, 4) is 0 Å². The fourth-order valence-corrected chi connectivity index (χ4v) is 3.53. The van der Waals surface area contributed by atoms with E-state index in [1.807, 2.05) is 12.4 Å². The number of fused-ring (bicyclic) bond motifs is 1. The summed E-state index contributed by atoms with van der Waals surface area (Å²) in [5.41, 5.74) is 1.47. The third kappa shape index (κ3) is 3.09. The number of benzene rings is 1. The van der Waals surface area contributed by atoms with E-state index in [9.17, 15) is 8.78 Å². The van der Waals surface area contributed by atoms with E-state index in [4.69, 9.17) is 5.11 Å². The topological polar surface area (TPSA) is 35.5 Å². The fraction of sp³-hybridized carbons (Fsp3) is 0.529. The summed E-state index contributed by atoms with van der Waals surface area (Å²) in [7, 11) is 0. The molecule has 0 saturated heterocycles. The summed E-state index contributed by atoms with van der Waals surface area (Å²) in [4.78, 5) is 2.27. The van der Waals surface area contributed by atoms with Gasteiger partial charge in [-0.15, -0.1) is 0 Å². The third-order valence-electron chi connectivity index (χ3n) is 4.64. The normalized spacial score (nSPS) is 23.5. The highest BCUT2D eigenvalue weighted by Crippen LogP contribution is 2.30. The summed E-state index contributed by atoms with van der Waals surface area (Å²) < 4.78 is 27.3. The van der Waals surface area contributed by atoms with Crippen molar-refractivity contribution in [3.63, 3.8) is 0 Å². The minimum absolute atomic E-state index is 0.218. The number of halogens is 2. The number of nitrogens with one attached hydrogen (secondary N) is 1. The van der Waals surface area contributed by atoms with Crippen LogP contribution < -0.4 is 5.32 Å². The molecule has 0 radical (unpaired) electrons. The molecule has 1 heterocycles. The molecule has 3 rings (SSSR count). The molecular weight excluding hydrogens is 286 g/mol. The molecule has 1 aliphatic heterocycles. The van der Waals surface area contributed by atoms with Crippen molar-refractivity contribution in [2.45, 2.75) is 50.7 Å². The number of rotatable bonds is 5. The van der Waals surface area contributed by atoms with Crippen molar-refractivity contribution >= 4 is 0 Å². The van der Waals surface area contributed by atoms with Crippen LogP contribution in [0.4, 0.5) is 8.78 Å². The molecule has 2 N–H and O–H groups in total. The first-order valence-electron chi connectivity index (χ1n) is 7.97. The predicted octanol–water partition coefficient (Wildman–Crippen LogP) is 2.69. The first kappa shape index (κ1) is 15.3. The van der Waals surface area contributed by atoms with Gasteiger partial charge in [-0.2, -0.15) is 0 Å². The first-order valence-corrected chi connectivity index (χ1v) is 7.97. The molecule has 3 nitrogen and oxygen atoms in total. The monoisotopic (exact) mass is 308 g/mol. The maximum absolute atomic E-state index is 13.8. The molecule has 0 spiro atoms. The zero-order valence-corrected chi connectivity index (χ0v) is 12.6. The lowest BCUT2D eigenvalue weighted by molar-refractivity contribution is 0.174. The number of hydrogen-bond acceptors (Lipinski definition) is 3. The molecule has 2 atom stereocenters. The summed E-state index contributed by atoms with van der Waals surface area (Å²) in [6.07, 6.45) is 9.10. The quantitative estimate of drug-likeness (QED) is 0.821. The second kappa shape index (κ2) is 6.65. The van der Waals surface area contributed by atoms with Crippen LogP contribution in [0.2, 0.25) is 0 Å². The number of unbranched alkanes of at least 4 members (excludes halogenated alkanes) is 1. The van der Waals surface area contributed by atoms with Crippen LogP contribution in [-0.4, -0.2) is 28.8 Å². The van der Waals surface area contributed by atoms with E-state index in [1.54, 1.807) is 0 Å². The van der Waals surface area contributed by atoms with Gasteiger partial charge < -0.3 is 15.3 Å². The van der Waals surface area contributed by atoms with Crippen molar-refractivity contribution in [1.82, 2.24) is 10.2 Å². The summed E-state index contributed by atoms with van der Waals surface area (Å²) in [6, 6.07) is 2.71. The number of aliphatic hydroxyl groups excluding tert-OH is 1. The lowest BCUT2D eigenvalue weighted by Gasteiger charge is -2.37. The van der Waals surface area contributed by atoms with Gasteiger partial charge in [-0.3, -0.25) is 0 Å². The molecule has 0 unspecified atom stereocenters. The molecule has 5 heteroatoms. The molecule has 0 amide bonds. The smallest absolute Gasteiger partial charge is 0.129 e. The molecule has 2 aliphatic rings. The Balaban J connectivity index is 1.69. The van der Waals surface area contributed by atoms with Crippen molar-refractivity contribution in [2.24, 2.45) is 0 Å². The number of nitrogens with zero attached hydrogens (tertiary/aromatic N) is 1. The summed E-state index contributed by atoms with van der Waals surface area (Å²) in [6.45, 7) is 0.218. The molecular formula is C17H22F2N2O. The van der Waals surface area contributed by atoms with Crippen molar-refractivity contribution in [3.05, 3.63) is 47.3 Å². The van der Waals surface area contributed by atoms with Crippen LogP contribution >= 0.6 is 0 Å². The van der Waals surface area contributed by atoms with Crippen molar-refractivity contribution in [2.75, 3.05) is 6.61 Å². The van der Waals surface area contributed by atoms with Gasteiger partial charge in [-0.1, -0.05) is 0 Å². The average Bonchev–Trinajstić information content (AvgIpc) is 2.95. The second-order valence-electron chi connectivity index (χ2n) is 6.09. The largest absolute Gasteiger partial charge is 0.396 e. The molecule has 0 saturated carbocycles. The Bertz CT molecular complexity index is 562. The van der Waals surface area contributed by atoms with Crippen LogP contribution in [0.15, 0.2) is 24.5 Å². The summed E-state index contributed by atoms with van der Waals surface area (Å²) in [5.74, 6) is -0.908. The van der Waals surface area contributed by atoms with Gasteiger partial charge in [-0.05, 0) is 55.7 Å². The van der Waals surface area contributed by atoms with E-state index in [-0.39, 0.29) is 18.8 Å². The minimum Gasteiger partial charge on any atom is -0.396 e. The van der Waals surface area contributed by atoms with E-state index in [0.29, 0.717) is 18.4 Å². The Morgan fingerprint density at radius 3 is 2.95 bits per heavy atom. The number of aliphatic hydroxyl groups is 1. The van der Waals surface area contributed by atoms with Gasteiger partial charge in [-0.25, -0.2) is 8.78 Å². The van der Waals surface area contributed by atoms with Gasteiger partial charge in [0.2, 0.25) is 0 Å². The van der Waals surface area contributed by atoms with Crippen LogP contribution in [0.1, 0.15) is 36.8 Å². The van der Waals surface area contributed by atoms with Gasteiger partial charge in [0.15, 0.2) is 0 Å². The zero-order chi connectivity index (χ0) is 15.5. The van der Waals surface area contributed by atoms with Crippen molar-refractivity contribution in [1.29, 1.82) is 0 Å². The highest BCUT2D eigenvalue weighted by molar-refractivity contribution is 5.33. The third-order valence-corrected chi connectivity index (χ3v) is 4.64. The lowest BCUT2D eigenvalue weighted by atomic mass is 9.87. The van der Waals surface area contributed by atoms with Crippen molar-refractivity contribution < 1.29 is 13.9 Å². The maximum atomic E-state index is 13.8. The fourth-order valence-electron chi connectivity index (χ4n) is 3.53. The SMILES string of the molecule is OCCCC[C@H]1NC=CN1[C@H]1CCc2c(F)cc(F)cc2C1. The van der Waals surface area contributed by atoms with Crippen LogP contribution in [0, 0.1) is 11.6 Å². The summed E-state index contributed by atoms with van der Waals surface area (Å²) in [5, 5.41) is 12.2. The molecule has 22 heavy (non-hydrogen) atoms.